The lowest BCUT2D eigenvalue weighted by Crippen LogP contribution is -2.68. The van der Waals surface area contributed by atoms with E-state index < -0.39 is 118 Å². The van der Waals surface area contributed by atoms with Gasteiger partial charge in [-0.25, -0.2) is 0 Å². The summed E-state index contributed by atoms with van der Waals surface area (Å²) in [5.74, 6) is -0.545. The van der Waals surface area contributed by atoms with Crippen molar-refractivity contribution in [3.63, 3.8) is 0 Å². The fourth-order valence-electron chi connectivity index (χ4n) is 4.86. The van der Waals surface area contributed by atoms with Crippen molar-refractivity contribution < 1.29 is 79.2 Å². The van der Waals surface area contributed by atoms with E-state index in [2.05, 4.69) is 5.32 Å². The second-order valence-electron chi connectivity index (χ2n) is 10.1. The van der Waals surface area contributed by atoms with Crippen molar-refractivity contribution in [1.82, 2.24) is 5.32 Å². The van der Waals surface area contributed by atoms with Crippen LogP contribution in [0.15, 0.2) is 0 Å². The summed E-state index contributed by atoms with van der Waals surface area (Å²) < 4.78 is 33.4. The van der Waals surface area contributed by atoms with E-state index in [1.165, 1.54) is 6.92 Å². The molecule has 3 saturated heterocycles. The molecule has 12 N–H and O–H groups in total. The summed E-state index contributed by atoms with van der Waals surface area (Å²) in [5, 5.41) is 94.9. The van der Waals surface area contributed by atoms with Crippen LogP contribution in [0.3, 0.4) is 0 Å². The molecule has 0 saturated carbocycles. The van der Waals surface area contributed by atoms with Crippen LogP contribution in [0.25, 0.3) is 0 Å². The Kier molecular flexibility index (Phi) is 13.0. The van der Waals surface area contributed by atoms with Gasteiger partial charge in [0, 0.05) is 6.92 Å². The van der Waals surface area contributed by atoms with E-state index in [-0.39, 0.29) is 6.61 Å². The number of ether oxygens (including phenoxy) is 6. The zero-order valence-corrected chi connectivity index (χ0v) is 22.4. The van der Waals surface area contributed by atoms with Crippen LogP contribution in [0.1, 0.15) is 13.3 Å². The van der Waals surface area contributed by atoms with Gasteiger partial charge in [-0.1, -0.05) is 0 Å². The minimum Gasteiger partial charge on any atom is -0.394 e. The third-order valence-electron chi connectivity index (χ3n) is 7.11. The molecule has 41 heavy (non-hydrogen) atoms. The first kappa shape index (κ1) is 34.3. The van der Waals surface area contributed by atoms with Crippen molar-refractivity contribution in [2.45, 2.75) is 105 Å². The molecule has 18 heteroatoms. The van der Waals surface area contributed by atoms with Gasteiger partial charge >= 0.3 is 0 Å². The van der Waals surface area contributed by atoms with Gasteiger partial charge < -0.3 is 85.4 Å². The number of carbonyl (C=O) groups excluding carboxylic acids is 1. The van der Waals surface area contributed by atoms with Gasteiger partial charge in [-0.3, -0.25) is 4.79 Å². The molecular weight excluding hydrogens is 560 g/mol. The number of rotatable bonds is 12. The van der Waals surface area contributed by atoms with Crippen molar-refractivity contribution in [3.8, 4) is 0 Å². The Morgan fingerprint density at radius 3 is 1.80 bits per heavy atom. The maximum Gasteiger partial charge on any atom is 0.217 e. The fourth-order valence-corrected chi connectivity index (χ4v) is 4.86. The van der Waals surface area contributed by atoms with Crippen LogP contribution in [-0.2, 0) is 33.2 Å². The molecule has 0 aromatic carbocycles. The minimum atomic E-state index is -1.90. The lowest BCUT2D eigenvalue weighted by atomic mass is 9.95. The number of amides is 1. The Labute approximate surface area is 235 Å². The predicted octanol–water partition coefficient (Wildman–Crippen LogP) is -7.06. The zero-order valence-electron chi connectivity index (χ0n) is 22.4. The number of hydrogen-bond acceptors (Lipinski definition) is 17. The summed E-state index contributed by atoms with van der Waals surface area (Å²) >= 11 is 0. The van der Waals surface area contributed by atoms with E-state index in [9.17, 15) is 50.8 Å². The summed E-state index contributed by atoms with van der Waals surface area (Å²) in [5.41, 5.74) is 5.48. The third-order valence-corrected chi connectivity index (χ3v) is 7.11. The number of carbonyl (C=O) groups is 1. The standard InChI is InChI=1S/C23H42N2O16/c1-8(29)25-12-15(32)19(11(7-28)39-21(12)36-4-2-3-24)40-23-18(35)20(14(31)10(6-27)38-23)41-22-17(34)16(33)13(30)9(5-26)37-22/h9-23,26-28,30-35H,2-7,24H2,1H3,(H,25,29)/t9?,10?,11?,12?,13-,14-,15+,16?,17-,18?,19+,20-,21+,22+,23-/m0/s1. The molecular formula is C23H42N2O16. The second kappa shape index (κ2) is 15.5. The highest BCUT2D eigenvalue weighted by Crippen LogP contribution is 2.32. The summed E-state index contributed by atoms with van der Waals surface area (Å²) in [4.78, 5) is 11.8. The number of aliphatic hydroxyl groups is 9. The normalized spacial score (nSPS) is 45.4. The highest BCUT2D eigenvalue weighted by Gasteiger charge is 2.54. The molecule has 15 atom stereocenters. The Morgan fingerprint density at radius 1 is 0.707 bits per heavy atom. The van der Waals surface area contributed by atoms with Gasteiger partial charge in [0.05, 0.1) is 26.4 Å². The van der Waals surface area contributed by atoms with E-state index in [1.807, 2.05) is 0 Å². The molecule has 3 heterocycles. The quantitative estimate of drug-likeness (QED) is 0.0925. The van der Waals surface area contributed by atoms with Crippen LogP contribution in [-0.4, -0.2) is 177 Å². The van der Waals surface area contributed by atoms with Crippen LogP contribution in [0.4, 0.5) is 0 Å². The van der Waals surface area contributed by atoms with Gasteiger partial charge in [0.2, 0.25) is 5.91 Å². The molecule has 0 aromatic heterocycles. The first-order chi connectivity index (χ1) is 19.5. The van der Waals surface area contributed by atoms with E-state index in [4.69, 9.17) is 34.2 Å². The van der Waals surface area contributed by atoms with E-state index >= 15 is 0 Å². The third kappa shape index (κ3) is 7.87. The highest BCUT2D eigenvalue weighted by molar-refractivity contribution is 5.73. The van der Waals surface area contributed by atoms with E-state index in [1.54, 1.807) is 0 Å². The predicted molar refractivity (Wildman–Crippen MR) is 130 cm³/mol. The number of aliphatic hydroxyl groups excluding tert-OH is 9. The van der Waals surface area contributed by atoms with Gasteiger partial charge in [0.25, 0.3) is 0 Å². The molecule has 0 aromatic rings. The van der Waals surface area contributed by atoms with Gasteiger partial charge in [-0.2, -0.15) is 0 Å². The Morgan fingerprint density at radius 2 is 1.24 bits per heavy atom. The molecule has 3 rings (SSSR count). The van der Waals surface area contributed by atoms with Crippen molar-refractivity contribution in [1.29, 1.82) is 0 Å². The van der Waals surface area contributed by atoms with Gasteiger partial charge in [0.15, 0.2) is 18.9 Å². The molecule has 0 spiro atoms. The monoisotopic (exact) mass is 602 g/mol. The van der Waals surface area contributed by atoms with Gasteiger partial charge in [-0.15, -0.1) is 0 Å². The maximum atomic E-state index is 11.8. The summed E-state index contributed by atoms with van der Waals surface area (Å²) in [6.45, 7) is -0.656. The summed E-state index contributed by atoms with van der Waals surface area (Å²) in [6.07, 6.45) is -22.1. The zero-order chi connectivity index (χ0) is 30.4. The molecule has 6 unspecified atom stereocenters. The molecule has 18 nitrogen and oxygen atoms in total. The molecule has 3 fully saturated rings. The Balaban J connectivity index is 1.80. The topological polar surface area (TPSA) is 293 Å². The first-order valence-corrected chi connectivity index (χ1v) is 13.3. The molecule has 0 aliphatic carbocycles. The Bertz CT molecular complexity index is 812. The Hall–Kier alpha value is -1.17. The van der Waals surface area contributed by atoms with Crippen molar-refractivity contribution in [2.24, 2.45) is 5.73 Å². The number of nitrogens with two attached hydrogens (primary N) is 1. The minimum absolute atomic E-state index is 0.116. The van der Waals surface area contributed by atoms with Gasteiger partial charge in [0.1, 0.15) is 73.2 Å². The molecule has 3 aliphatic heterocycles. The molecule has 0 radical (unpaired) electrons. The number of nitrogens with one attached hydrogen (secondary N) is 1. The van der Waals surface area contributed by atoms with Crippen molar-refractivity contribution >= 4 is 5.91 Å². The smallest absolute Gasteiger partial charge is 0.217 e. The van der Waals surface area contributed by atoms with E-state index in [0.717, 1.165) is 0 Å². The summed E-state index contributed by atoms with van der Waals surface area (Å²) in [6, 6.07) is -1.20. The van der Waals surface area contributed by atoms with Crippen molar-refractivity contribution in [3.05, 3.63) is 0 Å². The highest BCUT2D eigenvalue weighted by atomic mass is 16.8. The van der Waals surface area contributed by atoms with Crippen LogP contribution in [0.2, 0.25) is 0 Å². The van der Waals surface area contributed by atoms with Crippen LogP contribution in [0, 0.1) is 0 Å². The number of hydrogen-bond donors (Lipinski definition) is 11. The first-order valence-electron chi connectivity index (χ1n) is 13.3. The van der Waals surface area contributed by atoms with Crippen molar-refractivity contribution in [2.75, 3.05) is 33.0 Å². The average molecular weight is 603 g/mol. The SMILES string of the molecule is CC(=O)NC1[C@H](OCCCN)OC(CO)[C@@H](O[C@@H]2OC(CO)[C@H](O)[C@H](O[C@H]3OC(CO)[C@H](O)C(O)[C@@H]3O)C2O)[C@@H]1O. The van der Waals surface area contributed by atoms with Gasteiger partial charge in [-0.05, 0) is 13.0 Å². The average Bonchev–Trinajstić information content (AvgIpc) is 2.95. The molecule has 0 bridgehead atoms. The largest absolute Gasteiger partial charge is 0.394 e. The van der Waals surface area contributed by atoms with E-state index in [0.29, 0.717) is 13.0 Å². The lowest BCUT2D eigenvalue weighted by Gasteiger charge is -2.48. The second-order valence-corrected chi connectivity index (χ2v) is 10.1. The molecule has 1 amide bonds. The van der Waals surface area contributed by atoms with Crippen LogP contribution in [0.5, 0.6) is 0 Å². The molecule has 240 valence electrons. The van der Waals surface area contributed by atoms with Crippen LogP contribution >= 0.6 is 0 Å². The fraction of sp³-hybridized carbons (Fsp3) is 0.957. The maximum absolute atomic E-state index is 11.8. The van der Waals surface area contributed by atoms with Crippen LogP contribution < -0.4 is 11.1 Å². The summed E-state index contributed by atoms with van der Waals surface area (Å²) in [7, 11) is 0. The lowest BCUT2D eigenvalue weighted by molar-refractivity contribution is -0.376. The molecule has 3 aliphatic rings.